The van der Waals surface area contributed by atoms with Crippen LogP contribution in [0.1, 0.15) is 16.3 Å². The van der Waals surface area contributed by atoms with Gasteiger partial charge < -0.3 is 19.6 Å². The van der Waals surface area contributed by atoms with Gasteiger partial charge in [-0.2, -0.15) is 0 Å². The first-order valence-electron chi connectivity index (χ1n) is 5.87. The maximum absolute atomic E-state index is 11.5. The maximum atomic E-state index is 11.5. The number of ether oxygens (including phenoxy) is 2. The molecule has 104 valence electrons. The highest BCUT2D eigenvalue weighted by Gasteiger charge is 2.13. The van der Waals surface area contributed by atoms with Crippen LogP contribution in [0.4, 0.5) is 0 Å². The number of furan rings is 1. The number of hydrogen-bond acceptors (Lipinski definition) is 5. The zero-order chi connectivity index (χ0) is 14.4. The van der Waals surface area contributed by atoms with Crippen molar-refractivity contribution in [2.75, 3.05) is 6.61 Å². The third kappa shape index (κ3) is 3.88. The van der Waals surface area contributed by atoms with E-state index in [4.69, 9.17) is 14.9 Å². The summed E-state index contributed by atoms with van der Waals surface area (Å²) < 4.78 is 15.3. The van der Waals surface area contributed by atoms with Crippen LogP contribution in [0.3, 0.4) is 0 Å². The number of amides is 1. The van der Waals surface area contributed by atoms with Gasteiger partial charge in [-0.15, -0.1) is 0 Å². The molecule has 0 bridgehead atoms. The number of para-hydroxylation sites is 1. The van der Waals surface area contributed by atoms with E-state index in [-0.39, 0.29) is 12.4 Å². The molecule has 1 aromatic heterocycles. The van der Waals surface area contributed by atoms with E-state index in [0.29, 0.717) is 11.5 Å². The van der Waals surface area contributed by atoms with Crippen molar-refractivity contribution in [1.29, 1.82) is 0 Å². The lowest BCUT2D eigenvalue weighted by atomic mass is 10.3. The third-order valence-electron chi connectivity index (χ3n) is 2.33. The third-order valence-corrected chi connectivity index (χ3v) is 2.33. The van der Waals surface area contributed by atoms with Crippen LogP contribution < -0.4 is 10.5 Å². The fourth-order valence-electron chi connectivity index (χ4n) is 1.44. The van der Waals surface area contributed by atoms with Gasteiger partial charge in [-0.05, 0) is 24.3 Å². The minimum absolute atomic E-state index is 0.00193. The van der Waals surface area contributed by atoms with E-state index >= 15 is 0 Å². The van der Waals surface area contributed by atoms with Gasteiger partial charge >= 0.3 is 5.97 Å². The Kier molecular flexibility index (Phi) is 4.39. The molecule has 1 heterocycles. The summed E-state index contributed by atoms with van der Waals surface area (Å²) in [5.74, 6) is -0.299. The zero-order valence-electron chi connectivity index (χ0n) is 10.6. The molecule has 0 atom stereocenters. The molecule has 0 aliphatic rings. The number of benzene rings is 1. The number of nitrogens with two attached hydrogens (primary N) is 1. The van der Waals surface area contributed by atoms with Crippen molar-refractivity contribution in [1.82, 2.24) is 0 Å². The standard InChI is InChI=1S/C14H13NO5/c15-13(16)9-19-14(17)12-7-6-11(20-12)8-18-10-4-2-1-3-5-10/h1-7H,8-9H2,(H2,15,16). The highest BCUT2D eigenvalue weighted by Crippen LogP contribution is 2.14. The molecule has 2 N–H and O–H groups in total. The van der Waals surface area contributed by atoms with Crippen LogP contribution in [0, 0.1) is 0 Å². The average Bonchev–Trinajstić information content (AvgIpc) is 2.92. The van der Waals surface area contributed by atoms with Gasteiger partial charge in [-0.3, -0.25) is 4.79 Å². The molecule has 0 unspecified atom stereocenters. The Hall–Kier alpha value is -2.76. The predicted octanol–water partition coefficient (Wildman–Crippen LogP) is 1.50. The second-order valence-electron chi connectivity index (χ2n) is 3.91. The van der Waals surface area contributed by atoms with Crippen LogP contribution in [0.2, 0.25) is 0 Å². The lowest BCUT2D eigenvalue weighted by molar-refractivity contribution is -0.121. The largest absolute Gasteiger partial charge is 0.486 e. The summed E-state index contributed by atoms with van der Waals surface area (Å²) in [6.45, 7) is -0.289. The summed E-state index contributed by atoms with van der Waals surface area (Å²) in [4.78, 5) is 22.0. The second-order valence-corrected chi connectivity index (χ2v) is 3.91. The van der Waals surface area contributed by atoms with Gasteiger partial charge in [-0.25, -0.2) is 4.79 Å². The van der Waals surface area contributed by atoms with Gasteiger partial charge in [-0.1, -0.05) is 18.2 Å². The molecule has 6 heteroatoms. The van der Waals surface area contributed by atoms with Crippen LogP contribution in [0.15, 0.2) is 46.9 Å². The Morgan fingerprint density at radius 3 is 2.55 bits per heavy atom. The van der Waals surface area contributed by atoms with Crippen LogP contribution >= 0.6 is 0 Å². The summed E-state index contributed by atoms with van der Waals surface area (Å²) in [5, 5.41) is 0. The van der Waals surface area contributed by atoms with Crippen molar-refractivity contribution in [2.24, 2.45) is 5.73 Å². The first-order valence-corrected chi connectivity index (χ1v) is 5.87. The molecule has 2 rings (SSSR count). The number of primary amides is 1. The number of hydrogen-bond donors (Lipinski definition) is 1. The summed E-state index contributed by atoms with van der Waals surface area (Å²) in [7, 11) is 0. The topological polar surface area (TPSA) is 91.8 Å². The van der Waals surface area contributed by atoms with E-state index < -0.39 is 18.5 Å². The molecular formula is C14H13NO5. The van der Waals surface area contributed by atoms with E-state index in [1.165, 1.54) is 6.07 Å². The van der Waals surface area contributed by atoms with Crippen LogP contribution in [-0.2, 0) is 16.1 Å². The van der Waals surface area contributed by atoms with Crippen LogP contribution in [0.5, 0.6) is 5.75 Å². The zero-order valence-corrected chi connectivity index (χ0v) is 10.6. The quantitative estimate of drug-likeness (QED) is 0.806. The van der Waals surface area contributed by atoms with Crippen LogP contribution in [-0.4, -0.2) is 18.5 Å². The fourth-order valence-corrected chi connectivity index (χ4v) is 1.44. The van der Waals surface area contributed by atoms with E-state index in [1.807, 2.05) is 30.3 Å². The molecule has 1 amide bonds. The Morgan fingerprint density at radius 2 is 1.85 bits per heavy atom. The summed E-state index contributed by atoms with van der Waals surface area (Å²) in [5.41, 5.74) is 4.87. The minimum atomic E-state index is -0.741. The Labute approximate surface area is 115 Å². The molecular weight excluding hydrogens is 262 g/mol. The van der Waals surface area contributed by atoms with Gasteiger partial charge in [0.1, 0.15) is 18.1 Å². The van der Waals surface area contributed by atoms with Crippen molar-refractivity contribution in [3.63, 3.8) is 0 Å². The van der Waals surface area contributed by atoms with Gasteiger partial charge in [0.2, 0.25) is 5.76 Å². The SMILES string of the molecule is NC(=O)COC(=O)c1ccc(COc2ccccc2)o1. The average molecular weight is 275 g/mol. The number of carbonyl (C=O) groups excluding carboxylic acids is 2. The molecule has 1 aromatic carbocycles. The number of carbonyl (C=O) groups is 2. The fraction of sp³-hybridized carbons (Fsp3) is 0.143. The van der Waals surface area contributed by atoms with Crippen molar-refractivity contribution < 1.29 is 23.5 Å². The molecule has 6 nitrogen and oxygen atoms in total. The van der Waals surface area contributed by atoms with E-state index in [1.54, 1.807) is 6.07 Å². The van der Waals surface area contributed by atoms with Crippen LogP contribution in [0.25, 0.3) is 0 Å². The van der Waals surface area contributed by atoms with Gasteiger partial charge in [0.05, 0.1) is 0 Å². The molecule has 20 heavy (non-hydrogen) atoms. The predicted molar refractivity (Wildman–Crippen MR) is 69.0 cm³/mol. The van der Waals surface area contributed by atoms with E-state index in [0.717, 1.165) is 0 Å². The lowest BCUT2D eigenvalue weighted by Gasteiger charge is -2.03. The molecule has 0 aliphatic heterocycles. The molecule has 0 saturated carbocycles. The molecule has 0 aliphatic carbocycles. The summed E-state index contributed by atoms with van der Waals surface area (Å²) in [6.07, 6.45) is 0. The number of rotatable bonds is 6. The summed E-state index contributed by atoms with van der Waals surface area (Å²) >= 11 is 0. The first kappa shape index (κ1) is 13.7. The smallest absolute Gasteiger partial charge is 0.374 e. The van der Waals surface area contributed by atoms with E-state index in [9.17, 15) is 9.59 Å². The lowest BCUT2D eigenvalue weighted by Crippen LogP contribution is -2.20. The Balaban J connectivity index is 1.89. The molecule has 0 radical (unpaired) electrons. The van der Waals surface area contributed by atoms with Gasteiger partial charge in [0.25, 0.3) is 5.91 Å². The number of esters is 1. The molecule has 0 saturated heterocycles. The summed E-state index contributed by atoms with van der Waals surface area (Å²) in [6, 6.07) is 12.3. The monoisotopic (exact) mass is 275 g/mol. The Bertz CT molecular complexity index is 591. The first-order chi connectivity index (χ1) is 9.65. The maximum Gasteiger partial charge on any atom is 0.374 e. The minimum Gasteiger partial charge on any atom is -0.486 e. The van der Waals surface area contributed by atoms with Crippen molar-refractivity contribution in [3.05, 3.63) is 54.0 Å². The van der Waals surface area contributed by atoms with Gasteiger partial charge in [0.15, 0.2) is 6.61 Å². The van der Waals surface area contributed by atoms with Crippen molar-refractivity contribution >= 4 is 11.9 Å². The second kappa shape index (κ2) is 6.42. The van der Waals surface area contributed by atoms with Crippen molar-refractivity contribution in [3.8, 4) is 5.75 Å². The molecule has 0 spiro atoms. The van der Waals surface area contributed by atoms with E-state index in [2.05, 4.69) is 4.74 Å². The molecule has 0 fully saturated rings. The highest BCUT2D eigenvalue weighted by molar-refractivity contribution is 5.88. The Morgan fingerprint density at radius 1 is 1.10 bits per heavy atom. The normalized spacial score (nSPS) is 10.0. The van der Waals surface area contributed by atoms with Gasteiger partial charge in [0, 0.05) is 0 Å². The van der Waals surface area contributed by atoms with Crippen molar-refractivity contribution in [2.45, 2.75) is 6.61 Å². The highest BCUT2D eigenvalue weighted by atomic mass is 16.5. The molecule has 2 aromatic rings.